The minimum Gasteiger partial charge on any atom is -0.337 e. The highest BCUT2D eigenvalue weighted by molar-refractivity contribution is 6.04. The quantitative estimate of drug-likeness (QED) is 0.448. The summed E-state index contributed by atoms with van der Waals surface area (Å²) in [6.45, 7) is 3.98. The summed E-state index contributed by atoms with van der Waals surface area (Å²) >= 11 is 0. The van der Waals surface area contributed by atoms with E-state index in [9.17, 15) is 0 Å². The molecular formula is C17H15N7. The predicted octanol–water partition coefficient (Wildman–Crippen LogP) is 2.96. The van der Waals surface area contributed by atoms with Gasteiger partial charge in [-0.25, -0.2) is 5.43 Å². The third-order valence-corrected chi connectivity index (χ3v) is 3.73. The number of rotatable bonds is 3. The van der Waals surface area contributed by atoms with E-state index in [4.69, 9.17) is 0 Å². The van der Waals surface area contributed by atoms with Crippen molar-refractivity contribution in [2.45, 2.75) is 13.8 Å². The number of hydrazone groups is 1. The van der Waals surface area contributed by atoms with E-state index in [1.54, 1.807) is 6.21 Å². The first-order valence-electron chi connectivity index (χ1n) is 7.55. The van der Waals surface area contributed by atoms with E-state index < -0.39 is 0 Å². The lowest BCUT2D eigenvalue weighted by Gasteiger charge is -1.97. The molecule has 0 bridgehead atoms. The van der Waals surface area contributed by atoms with E-state index in [2.05, 4.69) is 35.7 Å². The van der Waals surface area contributed by atoms with Crippen LogP contribution in [0.25, 0.3) is 22.1 Å². The molecule has 0 aliphatic heterocycles. The molecular weight excluding hydrogens is 302 g/mol. The molecule has 4 rings (SSSR count). The summed E-state index contributed by atoms with van der Waals surface area (Å²) in [4.78, 5) is 12.1. The van der Waals surface area contributed by atoms with Gasteiger partial charge in [-0.1, -0.05) is 24.3 Å². The molecule has 0 radical (unpaired) electrons. The first kappa shape index (κ1) is 14.3. The van der Waals surface area contributed by atoms with Crippen molar-refractivity contribution >= 4 is 34.2 Å². The molecule has 4 aromatic rings. The molecule has 2 N–H and O–H groups in total. The zero-order chi connectivity index (χ0) is 16.5. The van der Waals surface area contributed by atoms with Gasteiger partial charge in [-0.15, -0.1) is 10.2 Å². The number of para-hydroxylation sites is 1. The predicted molar refractivity (Wildman–Crippen MR) is 94.1 cm³/mol. The Labute approximate surface area is 137 Å². The van der Waals surface area contributed by atoms with Crippen LogP contribution in [0, 0.1) is 13.8 Å². The van der Waals surface area contributed by atoms with Crippen molar-refractivity contribution in [3.05, 3.63) is 53.3 Å². The minimum absolute atomic E-state index is 0.329. The van der Waals surface area contributed by atoms with E-state index in [1.165, 1.54) is 0 Å². The Hall–Kier alpha value is -3.35. The third-order valence-electron chi connectivity index (χ3n) is 3.73. The van der Waals surface area contributed by atoms with Crippen LogP contribution in [0.5, 0.6) is 0 Å². The fourth-order valence-electron chi connectivity index (χ4n) is 2.58. The van der Waals surface area contributed by atoms with E-state index in [0.29, 0.717) is 11.6 Å². The summed E-state index contributed by atoms with van der Waals surface area (Å²) in [5, 5.41) is 13.5. The average molecular weight is 317 g/mol. The van der Waals surface area contributed by atoms with Gasteiger partial charge in [0, 0.05) is 11.1 Å². The molecule has 7 heteroatoms. The Morgan fingerprint density at radius 2 is 1.92 bits per heavy atom. The van der Waals surface area contributed by atoms with Gasteiger partial charge in [0.05, 0.1) is 17.4 Å². The van der Waals surface area contributed by atoms with E-state index >= 15 is 0 Å². The summed E-state index contributed by atoms with van der Waals surface area (Å²) in [6.07, 6.45) is 1.62. The van der Waals surface area contributed by atoms with Crippen molar-refractivity contribution in [2.75, 3.05) is 5.43 Å². The zero-order valence-electron chi connectivity index (χ0n) is 13.3. The van der Waals surface area contributed by atoms with Crippen LogP contribution in [-0.2, 0) is 0 Å². The Kier molecular flexibility index (Phi) is 3.38. The normalized spacial score (nSPS) is 11.6. The van der Waals surface area contributed by atoms with Crippen LogP contribution in [0.3, 0.4) is 0 Å². The summed E-state index contributed by atoms with van der Waals surface area (Å²) in [6, 6.07) is 11.8. The minimum atomic E-state index is 0.329. The van der Waals surface area contributed by atoms with Crippen LogP contribution in [0.1, 0.15) is 17.0 Å². The molecule has 0 spiro atoms. The smallest absolute Gasteiger partial charge is 0.265 e. The molecule has 7 nitrogen and oxygen atoms in total. The number of H-pyrrole nitrogens is 1. The molecule has 24 heavy (non-hydrogen) atoms. The fourth-order valence-corrected chi connectivity index (χ4v) is 2.58. The number of hydrogen-bond acceptors (Lipinski definition) is 6. The van der Waals surface area contributed by atoms with Gasteiger partial charge >= 0.3 is 0 Å². The molecule has 0 atom stereocenters. The van der Waals surface area contributed by atoms with Gasteiger partial charge in [0.1, 0.15) is 5.52 Å². The highest BCUT2D eigenvalue weighted by Crippen LogP contribution is 2.24. The third kappa shape index (κ3) is 2.56. The Morgan fingerprint density at radius 3 is 2.79 bits per heavy atom. The van der Waals surface area contributed by atoms with Crippen LogP contribution in [0.15, 0.2) is 41.5 Å². The van der Waals surface area contributed by atoms with Crippen molar-refractivity contribution in [1.82, 2.24) is 25.1 Å². The Balaban J connectivity index is 1.63. The molecule has 3 aromatic heterocycles. The highest BCUT2D eigenvalue weighted by Gasteiger charge is 2.09. The topological polar surface area (TPSA) is 91.7 Å². The SMILES string of the molecule is Cc1cccc(/C=N/Nc2nnc3c(n2)[nH]c2c(C)cccc23)n1. The maximum atomic E-state index is 4.43. The van der Waals surface area contributed by atoms with Crippen molar-refractivity contribution in [2.24, 2.45) is 5.10 Å². The second kappa shape index (κ2) is 5.69. The molecule has 0 aliphatic rings. The number of aryl methyl sites for hydroxylation is 2. The summed E-state index contributed by atoms with van der Waals surface area (Å²) in [7, 11) is 0. The molecule has 0 aliphatic carbocycles. The number of pyridine rings is 1. The van der Waals surface area contributed by atoms with Crippen LogP contribution < -0.4 is 5.43 Å². The number of aromatic nitrogens is 5. The van der Waals surface area contributed by atoms with Crippen molar-refractivity contribution < 1.29 is 0 Å². The van der Waals surface area contributed by atoms with Gasteiger partial charge in [0.2, 0.25) is 0 Å². The van der Waals surface area contributed by atoms with Gasteiger partial charge in [0.25, 0.3) is 5.95 Å². The van der Waals surface area contributed by atoms with Crippen LogP contribution in [-0.4, -0.2) is 31.4 Å². The van der Waals surface area contributed by atoms with E-state index in [-0.39, 0.29) is 0 Å². The lowest BCUT2D eigenvalue weighted by molar-refractivity contribution is 1.01. The maximum Gasteiger partial charge on any atom is 0.265 e. The van der Waals surface area contributed by atoms with Gasteiger partial charge in [-0.2, -0.15) is 10.1 Å². The number of fused-ring (bicyclic) bond motifs is 3. The van der Waals surface area contributed by atoms with E-state index in [0.717, 1.165) is 33.4 Å². The lowest BCUT2D eigenvalue weighted by atomic mass is 10.1. The van der Waals surface area contributed by atoms with Gasteiger partial charge in [-0.05, 0) is 31.5 Å². The number of aromatic amines is 1. The Morgan fingerprint density at radius 1 is 1.04 bits per heavy atom. The van der Waals surface area contributed by atoms with Gasteiger partial charge in [0.15, 0.2) is 5.65 Å². The standard InChI is InChI=1S/C17H15N7/c1-10-5-3-8-13-14(10)20-16-15(13)22-24-17(21-16)23-18-9-12-7-4-6-11(2)19-12/h3-9H,1-2H3,(H2,20,21,23,24)/b18-9+. The Bertz CT molecular complexity index is 1070. The molecule has 3 heterocycles. The second-order valence-electron chi connectivity index (χ2n) is 5.53. The first-order chi connectivity index (χ1) is 11.7. The number of anilines is 1. The first-order valence-corrected chi connectivity index (χ1v) is 7.55. The number of nitrogens with zero attached hydrogens (tertiary/aromatic N) is 5. The van der Waals surface area contributed by atoms with Gasteiger partial charge in [-0.3, -0.25) is 4.98 Å². The number of hydrogen-bond donors (Lipinski definition) is 2. The van der Waals surface area contributed by atoms with Crippen LogP contribution in [0.4, 0.5) is 5.95 Å². The van der Waals surface area contributed by atoms with Crippen molar-refractivity contribution in [3.8, 4) is 0 Å². The molecule has 0 unspecified atom stereocenters. The molecule has 0 saturated heterocycles. The molecule has 0 amide bonds. The lowest BCUT2D eigenvalue weighted by Crippen LogP contribution is -1.99. The fraction of sp³-hybridized carbons (Fsp3) is 0.118. The van der Waals surface area contributed by atoms with Crippen molar-refractivity contribution in [1.29, 1.82) is 0 Å². The molecule has 1 aromatic carbocycles. The maximum absolute atomic E-state index is 4.43. The molecule has 0 saturated carbocycles. The van der Waals surface area contributed by atoms with Crippen LogP contribution in [0.2, 0.25) is 0 Å². The van der Waals surface area contributed by atoms with Crippen molar-refractivity contribution in [3.63, 3.8) is 0 Å². The molecule has 0 fully saturated rings. The number of benzene rings is 1. The summed E-state index contributed by atoms with van der Waals surface area (Å²) < 4.78 is 0. The van der Waals surface area contributed by atoms with E-state index in [1.807, 2.05) is 50.2 Å². The highest BCUT2D eigenvalue weighted by atomic mass is 15.4. The van der Waals surface area contributed by atoms with Crippen LogP contribution >= 0.6 is 0 Å². The molecule has 118 valence electrons. The summed E-state index contributed by atoms with van der Waals surface area (Å²) in [5.41, 5.74) is 8.09. The monoisotopic (exact) mass is 317 g/mol. The van der Waals surface area contributed by atoms with Gasteiger partial charge < -0.3 is 4.98 Å². The number of nitrogens with one attached hydrogen (secondary N) is 2. The zero-order valence-corrected chi connectivity index (χ0v) is 13.3. The largest absolute Gasteiger partial charge is 0.337 e. The average Bonchev–Trinajstić information content (AvgIpc) is 2.94. The summed E-state index contributed by atoms with van der Waals surface area (Å²) in [5.74, 6) is 0.329. The second-order valence-corrected chi connectivity index (χ2v) is 5.53.